The van der Waals surface area contributed by atoms with E-state index in [1.54, 1.807) is 48.5 Å². The molecule has 0 spiro atoms. The second kappa shape index (κ2) is 8.05. The van der Waals surface area contributed by atoms with Gasteiger partial charge < -0.3 is 5.32 Å². The molecule has 0 atom stereocenters. The zero-order valence-corrected chi connectivity index (χ0v) is 15.3. The number of hydrogen-bond acceptors (Lipinski definition) is 3. The van der Waals surface area contributed by atoms with Crippen LogP contribution in [-0.4, -0.2) is 15.0 Å². The number of benzene rings is 2. The van der Waals surface area contributed by atoms with E-state index in [2.05, 4.69) is 11.9 Å². The van der Waals surface area contributed by atoms with Gasteiger partial charge in [-0.1, -0.05) is 48.0 Å². The molecule has 3 aromatic rings. The highest BCUT2D eigenvalue weighted by molar-refractivity contribution is 6.31. The molecule has 1 aromatic heterocycles. The molecule has 0 saturated carbocycles. The zero-order valence-electron chi connectivity index (χ0n) is 14.5. The molecular weight excluding hydrogens is 366 g/mol. The monoisotopic (exact) mass is 383 g/mol. The van der Waals surface area contributed by atoms with E-state index in [9.17, 15) is 14.4 Å². The Kier molecular flexibility index (Phi) is 5.57. The molecule has 0 aliphatic rings. The first-order valence-corrected chi connectivity index (χ1v) is 8.74. The number of hydrogen-bond donors (Lipinski definition) is 1. The minimum atomic E-state index is -0.747. The van der Waals surface area contributed by atoms with E-state index in [1.165, 1.54) is 9.13 Å². The van der Waals surface area contributed by atoms with E-state index in [4.69, 9.17) is 11.6 Å². The molecule has 0 aliphatic heterocycles. The molecule has 0 aliphatic carbocycles. The average Bonchev–Trinajstić information content (AvgIpc) is 2.68. The zero-order chi connectivity index (χ0) is 19.4. The quantitative estimate of drug-likeness (QED) is 0.524. The predicted octanol–water partition coefficient (Wildman–Crippen LogP) is 2.32. The van der Waals surface area contributed by atoms with E-state index in [0.29, 0.717) is 16.1 Å². The Morgan fingerprint density at radius 3 is 2.26 bits per heavy atom. The summed E-state index contributed by atoms with van der Waals surface area (Å²) in [6.45, 7) is 3.82. The van der Waals surface area contributed by atoms with Crippen molar-refractivity contribution in [1.29, 1.82) is 0 Å². The Balaban J connectivity index is 1.92. The van der Waals surface area contributed by atoms with Gasteiger partial charge in [0.2, 0.25) is 5.91 Å². The molecule has 1 N–H and O–H groups in total. The first-order valence-electron chi connectivity index (χ1n) is 8.36. The Bertz CT molecular complexity index is 1130. The highest BCUT2D eigenvalue weighted by atomic mass is 35.5. The van der Waals surface area contributed by atoms with Crippen LogP contribution in [0.15, 0.2) is 70.8 Å². The van der Waals surface area contributed by atoms with Crippen LogP contribution >= 0.6 is 11.6 Å². The van der Waals surface area contributed by atoms with Crippen molar-refractivity contribution < 1.29 is 4.79 Å². The van der Waals surface area contributed by atoms with Gasteiger partial charge in [0, 0.05) is 18.1 Å². The SMILES string of the molecule is C=CCn1c(=O)c(=O)n(CC(=O)NCc2ccccc2Cl)c2ccccc21. The molecule has 3 rings (SSSR count). The van der Waals surface area contributed by atoms with Crippen LogP contribution in [0.1, 0.15) is 5.56 Å². The second-order valence-electron chi connectivity index (χ2n) is 5.95. The van der Waals surface area contributed by atoms with Crippen LogP contribution in [0.25, 0.3) is 11.0 Å². The van der Waals surface area contributed by atoms with Gasteiger partial charge in [-0.25, -0.2) is 0 Å². The van der Waals surface area contributed by atoms with E-state index >= 15 is 0 Å². The fraction of sp³-hybridized carbons (Fsp3) is 0.150. The number of carbonyl (C=O) groups is 1. The van der Waals surface area contributed by atoms with E-state index in [1.807, 2.05) is 6.07 Å². The Morgan fingerprint density at radius 1 is 1.00 bits per heavy atom. The van der Waals surface area contributed by atoms with Crippen LogP contribution in [-0.2, 0) is 24.4 Å². The van der Waals surface area contributed by atoms with Crippen molar-refractivity contribution in [2.75, 3.05) is 0 Å². The highest BCUT2D eigenvalue weighted by Crippen LogP contribution is 2.14. The topological polar surface area (TPSA) is 73.1 Å². The third-order valence-electron chi connectivity index (χ3n) is 4.18. The van der Waals surface area contributed by atoms with Crippen molar-refractivity contribution in [3.05, 3.63) is 92.5 Å². The molecule has 1 heterocycles. The number of aromatic nitrogens is 2. The van der Waals surface area contributed by atoms with Crippen molar-refractivity contribution in [3.8, 4) is 0 Å². The lowest BCUT2D eigenvalue weighted by molar-refractivity contribution is -0.121. The number of amides is 1. The Morgan fingerprint density at radius 2 is 1.59 bits per heavy atom. The van der Waals surface area contributed by atoms with Gasteiger partial charge in [-0.3, -0.25) is 23.5 Å². The molecule has 138 valence electrons. The number of fused-ring (bicyclic) bond motifs is 1. The van der Waals surface area contributed by atoms with Crippen LogP contribution in [0.5, 0.6) is 0 Å². The van der Waals surface area contributed by atoms with E-state index < -0.39 is 11.1 Å². The van der Waals surface area contributed by atoms with Gasteiger partial charge in [-0.15, -0.1) is 6.58 Å². The van der Waals surface area contributed by atoms with Gasteiger partial charge in [0.05, 0.1) is 11.0 Å². The van der Waals surface area contributed by atoms with Gasteiger partial charge in [0.1, 0.15) is 6.54 Å². The van der Waals surface area contributed by atoms with Crippen molar-refractivity contribution in [1.82, 2.24) is 14.5 Å². The summed E-state index contributed by atoms with van der Waals surface area (Å²) in [6, 6.07) is 14.1. The molecule has 7 heteroatoms. The molecule has 27 heavy (non-hydrogen) atoms. The Labute approximate surface area is 160 Å². The molecule has 0 fully saturated rings. The molecule has 1 amide bonds. The minimum absolute atomic E-state index is 0.216. The van der Waals surface area contributed by atoms with Gasteiger partial charge in [0.15, 0.2) is 0 Å². The van der Waals surface area contributed by atoms with Crippen LogP contribution in [0.2, 0.25) is 5.02 Å². The van der Waals surface area contributed by atoms with Crippen LogP contribution in [0.4, 0.5) is 0 Å². The van der Waals surface area contributed by atoms with Crippen LogP contribution in [0.3, 0.4) is 0 Å². The maximum Gasteiger partial charge on any atom is 0.317 e. The predicted molar refractivity (Wildman–Crippen MR) is 106 cm³/mol. The van der Waals surface area contributed by atoms with Gasteiger partial charge in [0.25, 0.3) is 0 Å². The van der Waals surface area contributed by atoms with E-state index in [-0.39, 0.29) is 25.5 Å². The van der Waals surface area contributed by atoms with Gasteiger partial charge in [-0.2, -0.15) is 0 Å². The number of rotatable bonds is 6. The second-order valence-corrected chi connectivity index (χ2v) is 6.36. The smallest absolute Gasteiger partial charge is 0.317 e. The number of halogens is 1. The van der Waals surface area contributed by atoms with Gasteiger partial charge in [-0.05, 0) is 23.8 Å². The van der Waals surface area contributed by atoms with Crippen LogP contribution < -0.4 is 16.4 Å². The van der Waals surface area contributed by atoms with Crippen LogP contribution in [0, 0.1) is 0 Å². The third-order valence-corrected chi connectivity index (χ3v) is 4.55. The number of carbonyl (C=O) groups excluding carboxylic acids is 1. The number of nitrogens with zero attached hydrogens (tertiary/aromatic N) is 2. The summed E-state index contributed by atoms with van der Waals surface area (Å²) < 4.78 is 2.54. The molecule has 0 radical (unpaired) electrons. The molecule has 6 nitrogen and oxygen atoms in total. The fourth-order valence-corrected chi connectivity index (χ4v) is 3.08. The largest absolute Gasteiger partial charge is 0.350 e. The maximum absolute atomic E-state index is 12.5. The molecule has 0 bridgehead atoms. The summed E-state index contributed by atoms with van der Waals surface area (Å²) in [5, 5.41) is 3.28. The molecule has 0 unspecified atom stereocenters. The minimum Gasteiger partial charge on any atom is -0.350 e. The summed E-state index contributed by atoms with van der Waals surface area (Å²) in [5.41, 5.74) is 0.416. The van der Waals surface area contributed by atoms with Crippen molar-refractivity contribution in [3.63, 3.8) is 0 Å². The number of para-hydroxylation sites is 2. The molecule has 0 saturated heterocycles. The van der Waals surface area contributed by atoms with Crippen molar-refractivity contribution in [2.24, 2.45) is 0 Å². The molecule has 2 aromatic carbocycles. The fourth-order valence-electron chi connectivity index (χ4n) is 2.87. The van der Waals surface area contributed by atoms with Crippen molar-refractivity contribution >= 4 is 28.5 Å². The first kappa shape index (κ1) is 18.7. The lowest BCUT2D eigenvalue weighted by atomic mass is 10.2. The van der Waals surface area contributed by atoms with E-state index in [0.717, 1.165) is 5.56 Å². The summed E-state index contributed by atoms with van der Waals surface area (Å²) in [4.78, 5) is 37.3. The lowest BCUT2D eigenvalue weighted by Crippen LogP contribution is -2.43. The number of nitrogens with one attached hydrogen (secondary N) is 1. The first-order chi connectivity index (χ1) is 13.0. The lowest BCUT2D eigenvalue weighted by Gasteiger charge is -2.14. The van der Waals surface area contributed by atoms with Crippen molar-refractivity contribution in [2.45, 2.75) is 19.6 Å². The summed E-state index contributed by atoms with van der Waals surface area (Å²) in [5.74, 6) is -0.386. The number of allylic oxidation sites excluding steroid dienone is 1. The summed E-state index contributed by atoms with van der Waals surface area (Å²) in [6.07, 6.45) is 1.55. The average molecular weight is 384 g/mol. The Hall–Kier alpha value is -3.12. The highest BCUT2D eigenvalue weighted by Gasteiger charge is 2.14. The maximum atomic E-state index is 12.5. The normalized spacial score (nSPS) is 10.7. The van der Waals surface area contributed by atoms with Gasteiger partial charge >= 0.3 is 11.1 Å². The summed E-state index contributed by atoms with van der Waals surface area (Å²) in [7, 11) is 0. The molecular formula is C20H18ClN3O3. The standard InChI is InChI=1S/C20H18ClN3O3/c1-2-11-23-16-9-5-6-10-17(16)24(20(27)19(23)26)13-18(25)22-12-14-7-3-4-8-15(14)21/h2-10H,1,11-13H2,(H,22,25). The summed E-state index contributed by atoms with van der Waals surface area (Å²) >= 11 is 6.08. The third kappa shape index (κ3) is 3.85.